The summed E-state index contributed by atoms with van der Waals surface area (Å²) < 4.78 is 5.54. The Balaban J connectivity index is 2.18. The van der Waals surface area contributed by atoms with E-state index in [1.165, 1.54) is 0 Å². The van der Waals surface area contributed by atoms with Crippen molar-refractivity contribution in [3.63, 3.8) is 0 Å². The van der Waals surface area contributed by atoms with Crippen LogP contribution < -0.4 is 4.74 Å². The van der Waals surface area contributed by atoms with Gasteiger partial charge < -0.3 is 4.74 Å². The molecule has 3 nitrogen and oxygen atoms in total. The molecule has 2 aromatic rings. The summed E-state index contributed by atoms with van der Waals surface area (Å²) in [6.07, 6.45) is 1.70. The first-order valence-electron chi connectivity index (χ1n) is 4.88. The van der Waals surface area contributed by atoms with E-state index in [0.717, 1.165) is 5.56 Å². The lowest BCUT2D eigenvalue weighted by atomic mass is 10.2. The molecule has 0 unspecified atom stereocenters. The summed E-state index contributed by atoms with van der Waals surface area (Å²) in [4.78, 5) is 4.09. The minimum Gasteiger partial charge on any atom is -0.439 e. The topological polar surface area (TPSA) is 45.9 Å². The van der Waals surface area contributed by atoms with Crippen molar-refractivity contribution in [2.45, 2.75) is 6.92 Å². The van der Waals surface area contributed by atoms with Crippen molar-refractivity contribution in [3.8, 4) is 17.7 Å². The van der Waals surface area contributed by atoms with E-state index in [4.69, 9.17) is 10.00 Å². The molecule has 0 radical (unpaired) electrons. The number of aromatic nitrogens is 1. The van der Waals surface area contributed by atoms with Crippen LogP contribution in [0, 0.1) is 18.3 Å². The molecule has 0 N–H and O–H groups in total. The molecule has 0 aliphatic heterocycles. The lowest BCUT2D eigenvalue weighted by Crippen LogP contribution is -1.88. The van der Waals surface area contributed by atoms with Crippen LogP contribution in [0.2, 0.25) is 0 Å². The molecule has 1 heterocycles. The summed E-state index contributed by atoms with van der Waals surface area (Å²) in [7, 11) is 0. The van der Waals surface area contributed by atoms with Crippen molar-refractivity contribution in [2.75, 3.05) is 0 Å². The Morgan fingerprint density at radius 2 is 1.94 bits per heavy atom. The molecule has 0 atom stereocenters. The maximum Gasteiger partial charge on any atom is 0.219 e. The van der Waals surface area contributed by atoms with E-state index in [0.29, 0.717) is 17.2 Å². The predicted octanol–water partition coefficient (Wildman–Crippen LogP) is 3.05. The zero-order chi connectivity index (χ0) is 11.4. The van der Waals surface area contributed by atoms with Crippen molar-refractivity contribution < 1.29 is 4.74 Å². The Morgan fingerprint density at radius 3 is 2.56 bits per heavy atom. The standard InChI is InChI=1S/C13H10N2O/c1-10-6-7-15-13(8-10)16-12-4-2-11(9-14)3-5-12/h2-8H,1H3. The van der Waals surface area contributed by atoms with Gasteiger partial charge in [-0.15, -0.1) is 0 Å². The van der Waals surface area contributed by atoms with Gasteiger partial charge in [-0.2, -0.15) is 5.26 Å². The molecule has 0 amide bonds. The van der Waals surface area contributed by atoms with Gasteiger partial charge in [0.05, 0.1) is 11.6 Å². The monoisotopic (exact) mass is 210 g/mol. The second-order valence-electron chi connectivity index (χ2n) is 3.41. The normalized spacial score (nSPS) is 9.50. The molecular formula is C13H10N2O. The fourth-order valence-electron chi connectivity index (χ4n) is 1.28. The molecule has 0 aliphatic carbocycles. The van der Waals surface area contributed by atoms with Gasteiger partial charge in [0.15, 0.2) is 0 Å². The number of rotatable bonds is 2. The summed E-state index contributed by atoms with van der Waals surface area (Å²) in [6.45, 7) is 1.98. The quantitative estimate of drug-likeness (QED) is 0.765. The highest BCUT2D eigenvalue weighted by molar-refractivity contribution is 5.36. The van der Waals surface area contributed by atoms with Gasteiger partial charge in [0.2, 0.25) is 5.88 Å². The van der Waals surface area contributed by atoms with E-state index in [1.807, 2.05) is 19.1 Å². The van der Waals surface area contributed by atoms with E-state index >= 15 is 0 Å². The first-order chi connectivity index (χ1) is 7.78. The van der Waals surface area contributed by atoms with Crippen molar-refractivity contribution in [2.24, 2.45) is 0 Å². The lowest BCUT2D eigenvalue weighted by Gasteiger charge is -2.04. The van der Waals surface area contributed by atoms with Crippen LogP contribution >= 0.6 is 0 Å². The zero-order valence-electron chi connectivity index (χ0n) is 8.84. The maximum atomic E-state index is 8.65. The molecule has 0 bridgehead atoms. The number of pyridine rings is 1. The Hall–Kier alpha value is -2.34. The third kappa shape index (κ3) is 2.37. The van der Waals surface area contributed by atoms with Gasteiger partial charge in [0.25, 0.3) is 0 Å². The summed E-state index contributed by atoms with van der Waals surface area (Å²) >= 11 is 0. The third-order valence-corrected chi connectivity index (χ3v) is 2.10. The Kier molecular flexibility index (Phi) is 2.84. The minimum absolute atomic E-state index is 0.560. The average Bonchev–Trinajstić information content (AvgIpc) is 2.30. The summed E-state index contributed by atoms with van der Waals surface area (Å²) in [5.74, 6) is 1.24. The molecule has 0 aliphatic rings. The lowest BCUT2D eigenvalue weighted by molar-refractivity contribution is 0.462. The summed E-state index contributed by atoms with van der Waals surface area (Å²) in [5, 5.41) is 8.65. The average molecular weight is 210 g/mol. The van der Waals surface area contributed by atoms with E-state index in [1.54, 1.807) is 30.5 Å². The molecular weight excluding hydrogens is 200 g/mol. The third-order valence-electron chi connectivity index (χ3n) is 2.10. The molecule has 3 heteroatoms. The second-order valence-corrected chi connectivity index (χ2v) is 3.41. The first-order valence-corrected chi connectivity index (χ1v) is 4.88. The van der Waals surface area contributed by atoms with Crippen LogP contribution in [-0.4, -0.2) is 4.98 Å². The van der Waals surface area contributed by atoms with Crippen LogP contribution in [-0.2, 0) is 0 Å². The Labute approximate surface area is 93.9 Å². The van der Waals surface area contributed by atoms with E-state index < -0.39 is 0 Å². The SMILES string of the molecule is Cc1ccnc(Oc2ccc(C#N)cc2)c1. The number of ether oxygens (including phenoxy) is 1. The molecule has 2 rings (SSSR count). The second kappa shape index (κ2) is 4.45. The van der Waals surface area contributed by atoms with Gasteiger partial charge >= 0.3 is 0 Å². The van der Waals surface area contributed by atoms with Gasteiger partial charge in [-0.05, 0) is 42.8 Å². The van der Waals surface area contributed by atoms with Crippen molar-refractivity contribution in [1.82, 2.24) is 4.98 Å². The van der Waals surface area contributed by atoms with E-state index in [9.17, 15) is 0 Å². The molecule has 0 spiro atoms. The molecule has 1 aromatic carbocycles. The van der Waals surface area contributed by atoms with Crippen LogP contribution in [0.5, 0.6) is 11.6 Å². The van der Waals surface area contributed by atoms with E-state index in [-0.39, 0.29) is 0 Å². The Bertz CT molecular complexity index is 526. The largest absolute Gasteiger partial charge is 0.439 e. The van der Waals surface area contributed by atoms with Gasteiger partial charge in [-0.3, -0.25) is 0 Å². The van der Waals surface area contributed by atoms with Crippen LogP contribution in [0.3, 0.4) is 0 Å². The number of benzene rings is 1. The van der Waals surface area contributed by atoms with Crippen molar-refractivity contribution in [1.29, 1.82) is 5.26 Å². The van der Waals surface area contributed by atoms with Gasteiger partial charge in [-0.1, -0.05) is 0 Å². The fourth-order valence-corrected chi connectivity index (χ4v) is 1.28. The van der Waals surface area contributed by atoms with E-state index in [2.05, 4.69) is 11.1 Å². The number of hydrogen-bond acceptors (Lipinski definition) is 3. The van der Waals surface area contributed by atoms with Gasteiger partial charge in [0, 0.05) is 12.3 Å². The number of nitriles is 1. The predicted molar refractivity (Wildman–Crippen MR) is 60.2 cm³/mol. The number of nitrogens with zero attached hydrogens (tertiary/aromatic N) is 2. The number of aryl methyl sites for hydroxylation is 1. The highest BCUT2D eigenvalue weighted by Gasteiger charge is 1.98. The van der Waals surface area contributed by atoms with Gasteiger partial charge in [0.1, 0.15) is 5.75 Å². The van der Waals surface area contributed by atoms with Crippen molar-refractivity contribution >= 4 is 0 Å². The molecule has 0 fully saturated rings. The zero-order valence-corrected chi connectivity index (χ0v) is 8.84. The van der Waals surface area contributed by atoms with Crippen LogP contribution in [0.25, 0.3) is 0 Å². The fraction of sp³-hybridized carbons (Fsp3) is 0.0769. The van der Waals surface area contributed by atoms with Crippen LogP contribution in [0.4, 0.5) is 0 Å². The highest BCUT2D eigenvalue weighted by atomic mass is 16.5. The first kappa shape index (κ1) is 10.2. The number of hydrogen-bond donors (Lipinski definition) is 0. The summed E-state index contributed by atoms with van der Waals surface area (Å²) in [6, 6.07) is 12.8. The van der Waals surface area contributed by atoms with Gasteiger partial charge in [-0.25, -0.2) is 4.98 Å². The molecule has 78 valence electrons. The minimum atomic E-state index is 0.560. The molecule has 0 saturated carbocycles. The maximum absolute atomic E-state index is 8.65. The highest BCUT2D eigenvalue weighted by Crippen LogP contribution is 2.19. The molecule has 1 aromatic heterocycles. The van der Waals surface area contributed by atoms with Crippen molar-refractivity contribution in [3.05, 3.63) is 53.7 Å². The van der Waals surface area contributed by atoms with Crippen LogP contribution in [0.15, 0.2) is 42.6 Å². The molecule has 0 saturated heterocycles. The summed E-state index contributed by atoms with van der Waals surface area (Å²) in [5.41, 5.74) is 1.71. The van der Waals surface area contributed by atoms with Crippen LogP contribution in [0.1, 0.15) is 11.1 Å². The smallest absolute Gasteiger partial charge is 0.219 e. The molecule has 16 heavy (non-hydrogen) atoms. The Morgan fingerprint density at radius 1 is 1.19 bits per heavy atom.